The fourth-order valence-electron chi connectivity index (χ4n) is 3.12. The molecule has 7 nitrogen and oxygen atoms in total. The molecule has 1 heterocycles. The van der Waals surface area contributed by atoms with Gasteiger partial charge in [-0.05, 0) is 31.4 Å². The van der Waals surface area contributed by atoms with Gasteiger partial charge in [-0.2, -0.15) is 0 Å². The van der Waals surface area contributed by atoms with Gasteiger partial charge in [-0.15, -0.1) is 0 Å². The molecule has 0 saturated heterocycles. The number of benzene rings is 1. The van der Waals surface area contributed by atoms with Crippen molar-refractivity contribution in [1.29, 1.82) is 0 Å². The molecule has 2 rings (SSSR count). The van der Waals surface area contributed by atoms with Gasteiger partial charge in [0.25, 0.3) is 11.8 Å². The predicted octanol–water partition coefficient (Wildman–Crippen LogP) is 1.73. The molecule has 4 amide bonds. The standard InChI is InChI=1S/C20H27N3O4/c1-3-14(4-2)18(25)22-12-11-21-17(24)10-7-13-23-19(26)15-8-5-6-9-16(15)20(23)27/h5-6,8-9,14H,3-4,7,10-13H2,1-2H3,(H,21,24)(H,22,25). The van der Waals surface area contributed by atoms with Crippen molar-refractivity contribution in [3.05, 3.63) is 35.4 Å². The van der Waals surface area contributed by atoms with Crippen molar-refractivity contribution in [2.75, 3.05) is 19.6 Å². The van der Waals surface area contributed by atoms with Gasteiger partial charge in [0.2, 0.25) is 11.8 Å². The van der Waals surface area contributed by atoms with E-state index in [0.29, 0.717) is 30.6 Å². The lowest BCUT2D eigenvalue weighted by Crippen LogP contribution is -2.37. The molecule has 0 saturated carbocycles. The van der Waals surface area contributed by atoms with E-state index in [-0.39, 0.29) is 42.5 Å². The van der Waals surface area contributed by atoms with Crippen LogP contribution in [0.2, 0.25) is 0 Å². The summed E-state index contributed by atoms with van der Waals surface area (Å²) < 4.78 is 0. The van der Waals surface area contributed by atoms with E-state index >= 15 is 0 Å². The van der Waals surface area contributed by atoms with Crippen molar-refractivity contribution < 1.29 is 19.2 Å². The second-order valence-corrected chi connectivity index (χ2v) is 6.57. The Kier molecular flexibility index (Phi) is 7.52. The van der Waals surface area contributed by atoms with Gasteiger partial charge in [-0.1, -0.05) is 26.0 Å². The van der Waals surface area contributed by atoms with Gasteiger partial charge < -0.3 is 10.6 Å². The average Bonchev–Trinajstić information content (AvgIpc) is 2.91. The third-order valence-corrected chi connectivity index (χ3v) is 4.77. The highest BCUT2D eigenvalue weighted by molar-refractivity contribution is 6.21. The molecular formula is C20H27N3O4. The van der Waals surface area contributed by atoms with Crippen LogP contribution >= 0.6 is 0 Å². The molecule has 27 heavy (non-hydrogen) atoms. The van der Waals surface area contributed by atoms with Gasteiger partial charge in [-0.3, -0.25) is 24.1 Å². The van der Waals surface area contributed by atoms with Crippen LogP contribution in [0.15, 0.2) is 24.3 Å². The Balaban J connectivity index is 1.65. The Hall–Kier alpha value is -2.70. The molecule has 0 radical (unpaired) electrons. The van der Waals surface area contributed by atoms with Crippen LogP contribution in [0.4, 0.5) is 0 Å². The zero-order valence-electron chi connectivity index (χ0n) is 15.9. The van der Waals surface area contributed by atoms with Crippen LogP contribution in [0, 0.1) is 5.92 Å². The maximum Gasteiger partial charge on any atom is 0.261 e. The molecule has 1 aromatic rings. The summed E-state index contributed by atoms with van der Waals surface area (Å²) in [6, 6.07) is 6.72. The molecule has 1 aromatic carbocycles. The Morgan fingerprint density at radius 2 is 1.52 bits per heavy atom. The smallest absolute Gasteiger partial charge is 0.261 e. The third kappa shape index (κ3) is 5.15. The third-order valence-electron chi connectivity index (χ3n) is 4.77. The average molecular weight is 373 g/mol. The molecule has 146 valence electrons. The Morgan fingerprint density at radius 1 is 0.963 bits per heavy atom. The van der Waals surface area contributed by atoms with Crippen molar-refractivity contribution in [3.8, 4) is 0 Å². The minimum atomic E-state index is -0.305. The van der Waals surface area contributed by atoms with Crippen molar-refractivity contribution in [3.63, 3.8) is 0 Å². The summed E-state index contributed by atoms with van der Waals surface area (Å²) in [7, 11) is 0. The highest BCUT2D eigenvalue weighted by Gasteiger charge is 2.34. The molecular weight excluding hydrogens is 346 g/mol. The van der Waals surface area contributed by atoms with Crippen LogP contribution in [0.3, 0.4) is 0 Å². The molecule has 1 aliphatic rings. The number of rotatable bonds is 10. The molecule has 0 spiro atoms. The second kappa shape index (κ2) is 9.85. The molecule has 0 aliphatic carbocycles. The Bertz CT molecular complexity index is 678. The zero-order chi connectivity index (χ0) is 19.8. The fraction of sp³-hybridized carbons (Fsp3) is 0.500. The molecule has 0 atom stereocenters. The number of fused-ring (bicyclic) bond motifs is 1. The van der Waals surface area contributed by atoms with Gasteiger partial charge in [0.05, 0.1) is 11.1 Å². The first-order valence-corrected chi connectivity index (χ1v) is 9.49. The molecule has 0 aromatic heterocycles. The molecule has 7 heteroatoms. The highest BCUT2D eigenvalue weighted by Crippen LogP contribution is 2.22. The van der Waals surface area contributed by atoms with Crippen LogP contribution in [-0.2, 0) is 9.59 Å². The summed E-state index contributed by atoms with van der Waals surface area (Å²) in [5, 5.41) is 5.55. The van der Waals surface area contributed by atoms with Crippen LogP contribution in [0.5, 0.6) is 0 Å². The molecule has 0 unspecified atom stereocenters. The summed E-state index contributed by atoms with van der Waals surface area (Å²) in [6.07, 6.45) is 2.21. The summed E-state index contributed by atoms with van der Waals surface area (Å²) in [6.45, 7) is 4.91. The first kappa shape index (κ1) is 20.6. The van der Waals surface area contributed by atoms with Gasteiger partial charge in [0, 0.05) is 32.0 Å². The van der Waals surface area contributed by atoms with Crippen molar-refractivity contribution in [2.45, 2.75) is 39.5 Å². The monoisotopic (exact) mass is 373 g/mol. The van der Waals surface area contributed by atoms with E-state index in [9.17, 15) is 19.2 Å². The van der Waals surface area contributed by atoms with E-state index < -0.39 is 0 Å². The minimum Gasteiger partial charge on any atom is -0.354 e. The molecule has 0 bridgehead atoms. The van der Waals surface area contributed by atoms with Gasteiger partial charge in [0.15, 0.2) is 0 Å². The highest BCUT2D eigenvalue weighted by atomic mass is 16.2. The first-order valence-electron chi connectivity index (χ1n) is 9.49. The lowest BCUT2D eigenvalue weighted by molar-refractivity contribution is -0.125. The summed E-state index contributed by atoms with van der Waals surface area (Å²) in [5.74, 6) is -0.746. The van der Waals surface area contributed by atoms with Crippen molar-refractivity contribution in [2.24, 2.45) is 5.92 Å². The summed E-state index contributed by atoms with van der Waals surface area (Å²) in [5.41, 5.74) is 0.834. The normalized spacial score (nSPS) is 13.1. The number of hydrogen-bond acceptors (Lipinski definition) is 4. The summed E-state index contributed by atoms with van der Waals surface area (Å²) in [4.78, 5) is 49.3. The van der Waals surface area contributed by atoms with Gasteiger partial charge in [-0.25, -0.2) is 0 Å². The lowest BCUT2D eigenvalue weighted by Gasteiger charge is -2.14. The Labute approximate surface area is 159 Å². The van der Waals surface area contributed by atoms with Crippen molar-refractivity contribution >= 4 is 23.6 Å². The SMILES string of the molecule is CCC(CC)C(=O)NCCNC(=O)CCCN1C(=O)c2ccccc2C1=O. The number of amides is 4. The van der Waals surface area contributed by atoms with E-state index in [1.807, 2.05) is 13.8 Å². The van der Waals surface area contributed by atoms with Gasteiger partial charge >= 0.3 is 0 Å². The number of hydrogen-bond donors (Lipinski definition) is 2. The maximum atomic E-state index is 12.2. The van der Waals surface area contributed by atoms with Crippen LogP contribution < -0.4 is 10.6 Å². The van der Waals surface area contributed by atoms with E-state index in [1.165, 1.54) is 4.90 Å². The van der Waals surface area contributed by atoms with Crippen LogP contribution in [-0.4, -0.2) is 48.2 Å². The lowest BCUT2D eigenvalue weighted by atomic mass is 10.0. The zero-order valence-corrected chi connectivity index (χ0v) is 15.9. The number of carbonyl (C=O) groups is 4. The first-order chi connectivity index (χ1) is 13.0. The second-order valence-electron chi connectivity index (χ2n) is 6.57. The largest absolute Gasteiger partial charge is 0.354 e. The van der Waals surface area contributed by atoms with E-state index in [2.05, 4.69) is 10.6 Å². The minimum absolute atomic E-state index is 0.0138. The summed E-state index contributed by atoms with van der Waals surface area (Å²) >= 11 is 0. The number of carbonyl (C=O) groups excluding carboxylic acids is 4. The number of nitrogens with one attached hydrogen (secondary N) is 2. The predicted molar refractivity (Wildman–Crippen MR) is 101 cm³/mol. The van der Waals surface area contributed by atoms with E-state index in [4.69, 9.17) is 0 Å². The fourth-order valence-corrected chi connectivity index (χ4v) is 3.12. The van der Waals surface area contributed by atoms with Crippen LogP contribution in [0.25, 0.3) is 0 Å². The van der Waals surface area contributed by atoms with Crippen molar-refractivity contribution in [1.82, 2.24) is 15.5 Å². The molecule has 2 N–H and O–H groups in total. The maximum absolute atomic E-state index is 12.2. The molecule has 0 fully saturated rings. The van der Waals surface area contributed by atoms with Crippen LogP contribution in [0.1, 0.15) is 60.2 Å². The number of nitrogens with zero attached hydrogens (tertiary/aromatic N) is 1. The van der Waals surface area contributed by atoms with E-state index in [1.54, 1.807) is 24.3 Å². The van der Waals surface area contributed by atoms with E-state index in [0.717, 1.165) is 12.8 Å². The quantitative estimate of drug-likeness (QED) is 0.482. The number of imide groups is 1. The molecule has 1 aliphatic heterocycles. The van der Waals surface area contributed by atoms with Gasteiger partial charge in [0.1, 0.15) is 0 Å². The Morgan fingerprint density at radius 3 is 2.07 bits per heavy atom. The topological polar surface area (TPSA) is 95.6 Å².